The van der Waals surface area contributed by atoms with Gasteiger partial charge in [0.15, 0.2) is 15.8 Å². The molecule has 0 fully saturated rings. The lowest BCUT2D eigenvalue weighted by atomic mass is 10.2. The summed E-state index contributed by atoms with van der Waals surface area (Å²) in [5, 5.41) is 3.23. The van der Waals surface area contributed by atoms with Gasteiger partial charge in [0.1, 0.15) is 0 Å². The van der Waals surface area contributed by atoms with Gasteiger partial charge in [0.2, 0.25) is 0 Å². The molecule has 0 heterocycles. The molecule has 0 saturated carbocycles. The van der Waals surface area contributed by atoms with E-state index in [2.05, 4.69) is 32.3 Å². The lowest BCUT2D eigenvalue weighted by Crippen LogP contribution is -2.39. The van der Waals surface area contributed by atoms with Crippen LogP contribution < -0.4 is 5.32 Å². The van der Waals surface area contributed by atoms with E-state index in [1.807, 2.05) is 36.2 Å². The summed E-state index contributed by atoms with van der Waals surface area (Å²) in [7, 11) is 0.437. The maximum absolute atomic E-state index is 12.3. The van der Waals surface area contributed by atoms with Crippen LogP contribution >= 0.6 is 15.9 Å². The van der Waals surface area contributed by atoms with Crippen LogP contribution in [0, 0.1) is 0 Å². The van der Waals surface area contributed by atoms with Gasteiger partial charge in [-0.2, -0.15) is 0 Å². The van der Waals surface area contributed by atoms with E-state index in [9.17, 15) is 8.42 Å². The molecular formula is C19H24BrN3O2S. The summed E-state index contributed by atoms with van der Waals surface area (Å²) in [6.07, 6.45) is 0.513. The quantitative estimate of drug-likeness (QED) is 0.409. The van der Waals surface area contributed by atoms with Crippen molar-refractivity contribution in [3.8, 4) is 0 Å². The fraction of sp³-hybridized carbons (Fsp3) is 0.316. The molecule has 0 aromatic heterocycles. The van der Waals surface area contributed by atoms with Crippen molar-refractivity contribution >= 4 is 31.7 Å². The highest BCUT2D eigenvalue weighted by atomic mass is 79.9. The van der Waals surface area contributed by atoms with Gasteiger partial charge in [0.05, 0.1) is 10.6 Å². The molecule has 0 bridgehead atoms. The first-order chi connectivity index (χ1) is 12.4. The summed E-state index contributed by atoms with van der Waals surface area (Å²) in [4.78, 5) is 6.65. The molecule has 0 spiro atoms. The Balaban J connectivity index is 1.84. The highest BCUT2D eigenvalue weighted by Crippen LogP contribution is 2.17. The first kappa shape index (κ1) is 20.5. The van der Waals surface area contributed by atoms with Crippen molar-refractivity contribution < 1.29 is 8.42 Å². The molecule has 2 aromatic carbocycles. The van der Waals surface area contributed by atoms with Gasteiger partial charge in [-0.15, -0.1) is 0 Å². The summed E-state index contributed by atoms with van der Waals surface area (Å²) in [5.74, 6) is 0.840. The van der Waals surface area contributed by atoms with Crippen molar-refractivity contribution in [2.45, 2.75) is 17.9 Å². The third-order valence-electron chi connectivity index (χ3n) is 3.91. The second-order valence-electron chi connectivity index (χ2n) is 5.91. The maximum atomic E-state index is 12.3. The van der Waals surface area contributed by atoms with Crippen LogP contribution in [0.2, 0.25) is 0 Å². The van der Waals surface area contributed by atoms with Gasteiger partial charge >= 0.3 is 0 Å². The van der Waals surface area contributed by atoms with E-state index in [1.54, 1.807) is 31.3 Å². The van der Waals surface area contributed by atoms with E-state index < -0.39 is 9.84 Å². The lowest BCUT2D eigenvalue weighted by molar-refractivity contribution is 0.475. The van der Waals surface area contributed by atoms with E-state index in [4.69, 9.17) is 0 Å². The third-order valence-corrected chi connectivity index (χ3v) is 6.50. The van der Waals surface area contributed by atoms with Gasteiger partial charge in [-0.3, -0.25) is 4.99 Å². The first-order valence-corrected chi connectivity index (χ1v) is 10.8. The van der Waals surface area contributed by atoms with Crippen molar-refractivity contribution in [2.24, 2.45) is 4.99 Å². The topological polar surface area (TPSA) is 61.8 Å². The Kier molecular flexibility index (Phi) is 7.66. The zero-order valence-electron chi connectivity index (χ0n) is 15.0. The lowest BCUT2D eigenvalue weighted by Gasteiger charge is -2.22. The first-order valence-electron chi connectivity index (χ1n) is 8.37. The minimum Gasteiger partial charge on any atom is -0.356 e. The Morgan fingerprint density at radius 3 is 2.42 bits per heavy atom. The maximum Gasteiger partial charge on any atom is 0.193 e. The Morgan fingerprint density at radius 1 is 1.12 bits per heavy atom. The molecule has 1 N–H and O–H groups in total. The average molecular weight is 438 g/mol. The highest BCUT2D eigenvalue weighted by molar-refractivity contribution is 9.10. The van der Waals surface area contributed by atoms with Gasteiger partial charge in [-0.25, -0.2) is 8.42 Å². The number of sulfone groups is 1. The summed E-state index contributed by atoms with van der Waals surface area (Å²) in [5.41, 5.74) is 1.16. The van der Waals surface area contributed by atoms with Crippen LogP contribution in [0.5, 0.6) is 0 Å². The normalized spacial score (nSPS) is 12.0. The SMILES string of the molecule is CN=C(NCCCS(=O)(=O)c1ccccc1)N(C)Cc1ccccc1Br. The molecule has 0 saturated heterocycles. The zero-order chi connectivity index (χ0) is 19.0. The molecule has 0 atom stereocenters. The van der Waals surface area contributed by atoms with Crippen molar-refractivity contribution in [1.29, 1.82) is 0 Å². The van der Waals surface area contributed by atoms with Crippen LogP contribution in [0.3, 0.4) is 0 Å². The predicted molar refractivity (Wildman–Crippen MR) is 110 cm³/mol. The molecule has 140 valence electrons. The number of nitrogens with one attached hydrogen (secondary N) is 1. The minimum atomic E-state index is -3.24. The largest absolute Gasteiger partial charge is 0.356 e. The van der Waals surface area contributed by atoms with E-state index in [0.29, 0.717) is 24.4 Å². The number of rotatable bonds is 7. The molecule has 2 aromatic rings. The average Bonchev–Trinajstić information content (AvgIpc) is 2.64. The number of aliphatic imine (C=N–C) groups is 1. The van der Waals surface area contributed by atoms with Crippen LogP contribution in [0.4, 0.5) is 0 Å². The molecule has 0 aliphatic heterocycles. The van der Waals surface area contributed by atoms with Gasteiger partial charge in [-0.05, 0) is 30.2 Å². The molecule has 0 amide bonds. The van der Waals surface area contributed by atoms with E-state index in [0.717, 1.165) is 16.0 Å². The van der Waals surface area contributed by atoms with E-state index >= 15 is 0 Å². The van der Waals surface area contributed by atoms with Crippen molar-refractivity contribution in [1.82, 2.24) is 10.2 Å². The standard InChI is InChI=1S/C19H24BrN3O2S/c1-21-19(23(2)15-16-9-6-7-12-18(16)20)22-13-8-14-26(24,25)17-10-4-3-5-11-17/h3-7,9-12H,8,13-15H2,1-2H3,(H,21,22). The zero-order valence-corrected chi connectivity index (χ0v) is 17.4. The van der Waals surface area contributed by atoms with Gasteiger partial charge < -0.3 is 10.2 Å². The highest BCUT2D eigenvalue weighted by Gasteiger charge is 2.14. The van der Waals surface area contributed by atoms with Crippen LogP contribution in [0.15, 0.2) is 69.0 Å². The van der Waals surface area contributed by atoms with Crippen molar-refractivity contribution in [3.05, 3.63) is 64.6 Å². The smallest absolute Gasteiger partial charge is 0.193 e. The van der Waals surface area contributed by atoms with Gasteiger partial charge in [-0.1, -0.05) is 52.3 Å². The fourth-order valence-corrected chi connectivity index (χ4v) is 4.29. The van der Waals surface area contributed by atoms with Crippen LogP contribution in [0.1, 0.15) is 12.0 Å². The molecule has 7 heteroatoms. The number of nitrogens with zero attached hydrogens (tertiary/aromatic N) is 2. The van der Waals surface area contributed by atoms with Crippen LogP contribution in [-0.2, 0) is 16.4 Å². The molecule has 0 radical (unpaired) electrons. The summed E-state index contributed by atoms with van der Waals surface area (Å²) in [6.45, 7) is 1.24. The van der Waals surface area contributed by atoms with Crippen LogP contribution in [-0.4, -0.2) is 45.7 Å². The van der Waals surface area contributed by atoms with Gasteiger partial charge in [0.25, 0.3) is 0 Å². The number of hydrogen-bond donors (Lipinski definition) is 1. The molecular weight excluding hydrogens is 414 g/mol. The molecule has 26 heavy (non-hydrogen) atoms. The summed E-state index contributed by atoms with van der Waals surface area (Å²) < 4.78 is 25.6. The summed E-state index contributed by atoms with van der Waals surface area (Å²) in [6, 6.07) is 16.6. The summed E-state index contributed by atoms with van der Waals surface area (Å²) >= 11 is 3.55. The second kappa shape index (κ2) is 9.73. The molecule has 5 nitrogen and oxygen atoms in total. The van der Waals surface area contributed by atoms with Gasteiger partial charge in [0, 0.05) is 31.7 Å². The van der Waals surface area contributed by atoms with E-state index in [-0.39, 0.29) is 5.75 Å². The predicted octanol–water partition coefficient (Wildman–Crippen LogP) is 3.32. The Morgan fingerprint density at radius 2 is 1.77 bits per heavy atom. The monoisotopic (exact) mass is 437 g/mol. The molecule has 0 aliphatic rings. The Bertz CT molecular complexity index is 839. The number of guanidine groups is 1. The van der Waals surface area contributed by atoms with Crippen LogP contribution in [0.25, 0.3) is 0 Å². The second-order valence-corrected chi connectivity index (χ2v) is 8.87. The van der Waals surface area contributed by atoms with Crippen molar-refractivity contribution in [3.63, 3.8) is 0 Å². The molecule has 2 rings (SSSR count). The fourth-order valence-electron chi connectivity index (χ4n) is 2.55. The number of halogens is 1. The Hall–Kier alpha value is -1.86. The number of benzene rings is 2. The number of hydrogen-bond acceptors (Lipinski definition) is 3. The minimum absolute atomic E-state index is 0.106. The Labute approximate surface area is 164 Å². The van der Waals surface area contributed by atoms with Crippen molar-refractivity contribution in [2.75, 3.05) is 26.4 Å². The molecule has 0 unspecified atom stereocenters. The molecule has 0 aliphatic carbocycles. The van der Waals surface area contributed by atoms with E-state index in [1.165, 1.54) is 0 Å². The third kappa shape index (κ3) is 5.85.